The van der Waals surface area contributed by atoms with E-state index in [1.165, 1.54) is 17.7 Å². The first-order valence-electron chi connectivity index (χ1n) is 7.78. The normalized spacial score (nSPS) is 15.2. The number of nitrogens with zero attached hydrogens (tertiary/aromatic N) is 1. The van der Waals surface area contributed by atoms with Gasteiger partial charge < -0.3 is 9.73 Å². The average Bonchev–Trinajstić information content (AvgIpc) is 2.99. The van der Waals surface area contributed by atoms with Crippen molar-refractivity contribution in [1.29, 1.82) is 0 Å². The zero-order chi connectivity index (χ0) is 14.7. The Bertz CT molecular complexity index is 543. The molecule has 0 atom stereocenters. The molecular weight excluding hydrogens is 280 g/mol. The number of hydrogen-bond acceptors (Lipinski definition) is 4. The van der Waals surface area contributed by atoms with E-state index in [9.17, 15) is 0 Å². The van der Waals surface area contributed by atoms with Gasteiger partial charge >= 0.3 is 0 Å². The summed E-state index contributed by atoms with van der Waals surface area (Å²) in [4.78, 5) is 3.99. The highest BCUT2D eigenvalue weighted by Gasteiger charge is 2.29. The number of thiophene rings is 1. The minimum Gasteiger partial charge on any atom is -0.463 e. The molecule has 0 amide bonds. The molecule has 2 aromatic rings. The second kappa shape index (κ2) is 6.77. The van der Waals surface area contributed by atoms with Crippen molar-refractivity contribution in [2.45, 2.75) is 58.4 Å². The van der Waals surface area contributed by atoms with Crippen LogP contribution >= 0.6 is 11.3 Å². The molecule has 0 radical (unpaired) electrons. The molecule has 1 aliphatic rings. The Hall–Kier alpha value is -1.10. The van der Waals surface area contributed by atoms with Crippen LogP contribution in [0.25, 0.3) is 0 Å². The summed E-state index contributed by atoms with van der Waals surface area (Å²) in [5, 5.41) is 5.55. The Morgan fingerprint density at radius 2 is 2.05 bits per heavy atom. The van der Waals surface area contributed by atoms with Crippen LogP contribution in [0.3, 0.4) is 0 Å². The fourth-order valence-corrected chi connectivity index (χ4v) is 3.19. The third-order valence-electron chi connectivity index (χ3n) is 3.76. The third kappa shape index (κ3) is 4.43. The maximum atomic E-state index is 5.96. The van der Waals surface area contributed by atoms with Crippen molar-refractivity contribution in [1.82, 2.24) is 10.2 Å². The lowest BCUT2D eigenvalue weighted by Gasteiger charge is -2.19. The Balaban J connectivity index is 1.58. The molecular formula is C17H24N2OS. The number of hydrogen-bond donors (Lipinski definition) is 1. The van der Waals surface area contributed by atoms with Crippen molar-refractivity contribution in [3.05, 3.63) is 46.0 Å². The van der Waals surface area contributed by atoms with Gasteiger partial charge in [-0.1, -0.05) is 19.9 Å². The standard InChI is InChI=1S/C17H24N2OS/c1-13(2)18-10-15-7-8-16(20-15)11-19(14-5-6-14)12-17-4-3-9-21-17/h3-4,7-9,13-14,18H,5-6,10-12H2,1-2H3. The maximum absolute atomic E-state index is 5.96. The van der Waals surface area contributed by atoms with Crippen molar-refractivity contribution in [2.75, 3.05) is 0 Å². The molecule has 1 N–H and O–H groups in total. The summed E-state index contributed by atoms with van der Waals surface area (Å²) < 4.78 is 5.96. The van der Waals surface area contributed by atoms with Gasteiger partial charge in [-0.2, -0.15) is 0 Å². The Labute approximate surface area is 131 Å². The topological polar surface area (TPSA) is 28.4 Å². The molecule has 21 heavy (non-hydrogen) atoms. The highest BCUT2D eigenvalue weighted by Crippen LogP contribution is 2.30. The molecule has 1 aliphatic carbocycles. The SMILES string of the molecule is CC(C)NCc1ccc(CN(Cc2cccs2)C2CC2)o1. The van der Waals surface area contributed by atoms with E-state index < -0.39 is 0 Å². The van der Waals surface area contributed by atoms with Gasteiger partial charge in [-0.15, -0.1) is 11.3 Å². The van der Waals surface area contributed by atoms with Crippen LogP contribution in [0, 0.1) is 0 Å². The lowest BCUT2D eigenvalue weighted by Crippen LogP contribution is -2.24. The Morgan fingerprint density at radius 3 is 2.71 bits per heavy atom. The molecule has 1 saturated carbocycles. The smallest absolute Gasteiger partial charge is 0.118 e. The first-order chi connectivity index (χ1) is 10.2. The van der Waals surface area contributed by atoms with Gasteiger partial charge in [0.2, 0.25) is 0 Å². The van der Waals surface area contributed by atoms with Gasteiger partial charge in [0.15, 0.2) is 0 Å². The van der Waals surface area contributed by atoms with E-state index in [0.717, 1.165) is 37.2 Å². The van der Waals surface area contributed by atoms with Crippen molar-refractivity contribution >= 4 is 11.3 Å². The molecule has 114 valence electrons. The fraction of sp³-hybridized carbons (Fsp3) is 0.529. The molecule has 2 heterocycles. The van der Waals surface area contributed by atoms with Crippen LogP contribution in [-0.2, 0) is 19.6 Å². The van der Waals surface area contributed by atoms with E-state index in [4.69, 9.17) is 4.42 Å². The highest BCUT2D eigenvalue weighted by atomic mass is 32.1. The minimum absolute atomic E-state index is 0.486. The molecule has 1 fully saturated rings. The van der Waals surface area contributed by atoms with E-state index in [0.29, 0.717) is 6.04 Å². The zero-order valence-electron chi connectivity index (χ0n) is 12.8. The summed E-state index contributed by atoms with van der Waals surface area (Å²) in [6.45, 7) is 7.08. The van der Waals surface area contributed by atoms with Gasteiger partial charge in [0.05, 0.1) is 13.1 Å². The molecule has 0 aromatic carbocycles. The molecule has 4 heteroatoms. The summed E-state index contributed by atoms with van der Waals surface area (Å²) in [5.74, 6) is 2.12. The lowest BCUT2D eigenvalue weighted by molar-refractivity contribution is 0.224. The van der Waals surface area contributed by atoms with Crippen LogP contribution in [0.15, 0.2) is 34.1 Å². The predicted molar refractivity (Wildman–Crippen MR) is 87.3 cm³/mol. The quantitative estimate of drug-likeness (QED) is 0.799. The van der Waals surface area contributed by atoms with Gasteiger partial charge in [-0.25, -0.2) is 0 Å². The Kier molecular flexibility index (Phi) is 4.78. The van der Waals surface area contributed by atoms with Crippen LogP contribution in [0.1, 0.15) is 43.1 Å². The zero-order valence-corrected chi connectivity index (χ0v) is 13.7. The van der Waals surface area contributed by atoms with Crippen LogP contribution < -0.4 is 5.32 Å². The summed E-state index contributed by atoms with van der Waals surface area (Å²) in [6.07, 6.45) is 2.65. The maximum Gasteiger partial charge on any atom is 0.118 e. The second-order valence-corrected chi connectivity index (χ2v) is 7.15. The molecule has 0 spiro atoms. The Morgan fingerprint density at radius 1 is 1.24 bits per heavy atom. The third-order valence-corrected chi connectivity index (χ3v) is 4.62. The minimum atomic E-state index is 0.486. The highest BCUT2D eigenvalue weighted by molar-refractivity contribution is 7.09. The van der Waals surface area contributed by atoms with Gasteiger partial charge in [0, 0.05) is 23.5 Å². The summed E-state index contributed by atoms with van der Waals surface area (Å²) in [6, 6.07) is 9.81. The van der Waals surface area contributed by atoms with Gasteiger partial charge in [-0.05, 0) is 36.4 Å². The van der Waals surface area contributed by atoms with E-state index in [1.54, 1.807) is 0 Å². The first kappa shape index (κ1) is 14.8. The lowest BCUT2D eigenvalue weighted by atomic mass is 10.3. The summed E-state index contributed by atoms with van der Waals surface area (Å²) >= 11 is 1.84. The molecule has 3 rings (SSSR count). The fourth-order valence-electron chi connectivity index (χ4n) is 2.46. The van der Waals surface area contributed by atoms with Crippen molar-refractivity contribution in [2.24, 2.45) is 0 Å². The van der Waals surface area contributed by atoms with Crippen LogP contribution in [-0.4, -0.2) is 17.0 Å². The van der Waals surface area contributed by atoms with E-state index in [1.807, 2.05) is 11.3 Å². The van der Waals surface area contributed by atoms with Crippen LogP contribution in [0.2, 0.25) is 0 Å². The van der Waals surface area contributed by atoms with Crippen molar-refractivity contribution in [3.63, 3.8) is 0 Å². The van der Waals surface area contributed by atoms with E-state index in [-0.39, 0.29) is 0 Å². The molecule has 0 bridgehead atoms. The monoisotopic (exact) mass is 304 g/mol. The predicted octanol–water partition coefficient (Wildman–Crippen LogP) is 4.00. The van der Waals surface area contributed by atoms with Gasteiger partial charge in [-0.3, -0.25) is 4.90 Å². The van der Waals surface area contributed by atoms with Gasteiger partial charge in [0.25, 0.3) is 0 Å². The summed E-state index contributed by atoms with van der Waals surface area (Å²) in [5.41, 5.74) is 0. The van der Waals surface area contributed by atoms with Gasteiger partial charge in [0.1, 0.15) is 11.5 Å². The molecule has 0 aliphatic heterocycles. The second-order valence-electron chi connectivity index (χ2n) is 6.12. The molecule has 2 aromatic heterocycles. The average molecular weight is 304 g/mol. The number of nitrogens with one attached hydrogen (secondary N) is 1. The number of rotatable bonds is 8. The van der Waals surface area contributed by atoms with Crippen LogP contribution in [0.5, 0.6) is 0 Å². The number of furan rings is 1. The molecule has 0 unspecified atom stereocenters. The largest absolute Gasteiger partial charge is 0.463 e. The summed E-state index contributed by atoms with van der Waals surface area (Å²) in [7, 11) is 0. The van der Waals surface area contributed by atoms with Crippen molar-refractivity contribution < 1.29 is 4.42 Å². The van der Waals surface area contributed by atoms with E-state index in [2.05, 4.69) is 53.7 Å². The van der Waals surface area contributed by atoms with E-state index >= 15 is 0 Å². The molecule has 3 nitrogen and oxygen atoms in total. The molecule has 0 saturated heterocycles. The first-order valence-corrected chi connectivity index (χ1v) is 8.66. The van der Waals surface area contributed by atoms with Crippen LogP contribution in [0.4, 0.5) is 0 Å². The van der Waals surface area contributed by atoms with Crippen molar-refractivity contribution in [3.8, 4) is 0 Å².